The lowest BCUT2D eigenvalue weighted by Crippen LogP contribution is -2.43. The molecule has 1 fully saturated rings. The third-order valence-corrected chi connectivity index (χ3v) is 4.00. The van der Waals surface area contributed by atoms with Crippen LogP contribution >= 0.6 is 0 Å². The number of pyridine rings is 1. The number of anilines is 4. The third-order valence-electron chi connectivity index (χ3n) is 4.00. The van der Waals surface area contributed by atoms with Crippen LogP contribution in [0.25, 0.3) is 0 Å². The van der Waals surface area contributed by atoms with Gasteiger partial charge < -0.3 is 20.9 Å². The predicted molar refractivity (Wildman–Crippen MR) is 98.4 cm³/mol. The summed E-state index contributed by atoms with van der Waals surface area (Å²) < 4.78 is 25.2. The van der Waals surface area contributed by atoms with E-state index in [1.807, 2.05) is 12.1 Å². The fraction of sp³-hybridized carbons (Fsp3) is 0.471. The van der Waals surface area contributed by atoms with Crippen LogP contribution in [0.15, 0.2) is 24.5 Å². The molecule has 26 heavy (non-hydrogen) atoms. The van der Waals surface area contributed by atoms with Crippen molar-refractivity contribution >= 4 is 23.1 Å². The number of rotatable bonds is 7. The number of nitrogens with one attached hydrogen (secondary N) is 3. The zero-order valence-corrected chi connectivity index (χ0v) is 14.7. The molecule has 2 aromatic rings. The van der Waals surface area contributed by atoms with Crippen LogP contribution in [-0.2, 0) is 0 Å². The van der Waals surface area contributed by atoms with Crippen molar-refractivity contribution in [1.82, 2.24) is 20.3 Å². The average Bonchev–Trinajstić information content (AvgIpc) is 2.67. The Bertz CT molecular complexity index is 703. The quantitative estimate of drug-likeness (QED) is 0.698. The van der Waals surface area contributed by atoms with Gasteiger partial charge in [-0.3, -0.25) is 0 Å². The first-order chi connectivity index (χ1) is 12.7. The van der Waals surface area contributed by atoms with Crippen molar-refractivity contribution < 1.29 is 8.78 Å². The van der Waals surface area contributed by atoms with Gasteiger partial charge in [-0.15, -0.1) is 0 Å². The normalized spacial score (nSPS) is 14.5. The molecule has 0 unspecified atom stereocenters. The Labute approximate surface area is 151 Å². The summed E-state index contributed by atoms with van der Waals surface area (Å²) in [5.41, 5.74) is 0.711. The van der Waals surface area contributed by atoms with Crippen molar-refractivity contribution in [2.24, 2.45) is 0 Å². The largest absolute Gasteiger partial charge is 0.370 e. The van der Waals surface area contributed by atoms with E-state index >= 15 is 0 Å². The number of hydrogen-bond acceptors (Lipinski definition) is 7. The Kier molecular flexibility index (Phi) is 6.11. The van der Waals surface area contributed by atoms with E-state index in [4.69, 9.17) is 0 Å². The summed E-state index contributed by atoms with van der Waals surface area (Å²) in [5.74, 6) is 1.74. The van der Waals surface area contributed by atoms with Gasteiger partial charge in [0.2, 0.25) is 0 Å². The lowest BCUT2D eigenvalue weighted by Gasteiger charge is -2.30. The van der Waals surface area contributed by atoms with E-state index in [2.05, 4.69) is 42.7 Å². The Morgan fingerprint density at radius 1 is 1.12 bits per heavy atom. The van der Waals surface area contributed by atoms with Crippen LogP contribution in [0.1, 0.15) is 25.5 Å². The van der Waals surface area contributed by atoms with Crippen LogP contribution in [0.4, 0.5) is 31.9 Å². The Morgan fingerprint density at radius 2 is 1.88 bits per heavy atom. The topological polar surface area (TPSA) is 78.0 Å². The number of alkyl halides is 2. The fourth-order valence-corrected chi connectivity index (χ4v) is 2.68. The zero-order valence-electron chi connectivity index (χ0n) is 14.7. The van der Waals surface area contributed by atoms with Crippen LogP contribution in [0.3, 0.4) is 0 Å². The molecule has 3 N–H and O–H groups in total. The minimum absolute atomic E-state index is 0.344. The van der Waals surface area contributed by atoms with Crippen molar-refractivity contribution in [3.05, 3.63) is 30.2 Å². The second-order valence-electron chi connectivity index (χ2n) is 6.01. The lowest BCUT2D eigenvalue weighted by molar-refractivity contribution is 0.145. The minimum Gasteiger partial charge on any atom is -0.370 e. The van der Waals surface area contributed by atoms with Gasteiger partial charge >= 0.3 is 0 Å². The van der Waals surface area contributed by atoms with E-state index in [9.17, 15) is 8.78 Å². The van der Waals surface area contributed by atoms with Crippen molar-refractivity contribution in [3.63, 3.8) is 0 Å². The Hall–Kier alpha value is -2.55. The number of piperazine rings is 1. The highest BCUT2D eigenvalue weighted by Gasteiger charge is 2.14. The van der Waals surface area contributed by atoms with E-state index in [0.717, 1.165) is 56.8 Å². The van der Waals surface area contributed by atoms with E-state index in [0.29, 0.717) is 11.6 Å². The molecule has 7 nitrogen and oxygen atoms in total. The standard InChI is InChI=1S/C17H23F2N7/c1-2-3-21-14-8-12(26-6-4-20-5-7-26)9-15(24-14)25-16-11-22-13(10-23-16)17(18)19/h8-11,17,20H,2-7H2,1H3,(H2,21,23,24,25). The molecule has 2 aromatic heterocycles. The van der Waals surface area contributed by atoms with Crippen LogP contribution in [0.2, 0.25) is 0 Å². The van der Waals surface area contributed by atoms with Crippen molar-refractivity contribution in [3.8, 4) is 0 Å². The van der Waals surface area contributed by atoms with Crippen LogP contribution in [0, 0.1) is 0 Å². The molecule has 9 heteroatoms. The van der Waals surface area contributed by atoms with E-state index < -0.39 is 6.43 Å². The van der Waals surface area contributed by atoms with E-state index in [1.54, 1.807) is 0 Å². The molecule has 0 bridgehead atoms. The smallest absolute Gasteiger partial charge is 0.281 e. The molecule has 0 radical (unpaired) electrons. The van der Waals surface area contributed by atoms with Gasteiger partial charge in [0.1, 0.15) is 23.1 Å². The summed E-state index contributed by atoms with van der Waals surface area (Å²) in [7, 11) is 0. The van der Waals surface area contributed by atoms with Gasteiger partial charge in [-0.25, -0.2) is 23.7 Å². The van der Waals surface area contributed by atoms with Gasteiger partial charge in [-0.1, -0.05) is 6.92 Å². The second-order valence-corrected chi connectivity index (χ2v) is 6.01. The summed E-state index contributed by atoms with van der Waals surface area (Å²) in [4.78, 5) is 14.5. The molecular weight excluding hydrogens is 340 g/mol. The molecule has 3 heterocycles. The van der Waals surface area contributed by atoms with Gasteiger partial charge in [-0.2, -0.15) is 0 Å². The molecule has 140 valence electrons. The maximum Gasteiger partial charge on any atom is 0.281 e. The summed E-state index contributed by atoms with van der Waals surface area (Å²) in [6, 6.07) is 3.96. The van der Waals surface area contributed by atoms with Gasteiger partial charge in [0.05, 0.1) is 12.4 Å². The van der Waals surface area contributed by atoms with Gasteiger partial charge in [0.25, 0.3) is 6.43 Å². The first-order valence-electron chi connectivity index (χ1n) is 8.74. The molecule has 1 aliphatic heterocycles. The second kappa shape index (κ2) is 8.70. The van der Waals surface area contributed by atoms with Crippen molar-refractivity contribution in [2.75, 3.05) is 48.3 Å². The van der Waals surface area contributed by atoms with Crippen LogP contribution in [0.5, 0.6) is 0 Å². The average molecular weight is 363 g/mol. The van der Waals surface area contributed by atoms with Crippen molar-refractivity contribution in [1.29, 1.82) is 0 Å². The van der Waals surface area contributed by atoms with Crippen LogP contribution < -0.4 is 20.9 Å². The molecule has 1 saturated heterocycles. The minimum atomic E-state index is -2.63. The number of aromatic nitrogens is 3. The predicted octanol–water partition coefficient (Wildman–Crippen LogP) is 2.78. The highest BCUT2D eigenvalue weighted by Crippen LogP contribution is 2.25. The molecule has 3 rings (SSSR count). The Balaban J connectivity index is 1.81. The maximum atomic E-state index is 12.6. The summed E-state index contributed by atoms with van der Waals surface area (Å²) >= 11 is 0. The number of nitrogens with zero attached hydrogens (tertiary/aromatic N) is 4. The van der Waals surface area contributed by atoms with E-state index in [-0.39, 0.29) is 5.69 Å². The SMILES string of the molecule is CCCNc1cc(N2CCNCC2)cc(Nc2cnc(C(F)F)cn2)n1. The van der Waals surface area contributed by atoms with Gasteiger partial charge in [0.15, 0.2) is 0 Å². The molecule has 1 aliphatic rings. The summed E-state index contributed by atoms with van der Waals surface area (Å²) in [5, 5.41) is 9.68. The van der Waals surface area contributed by atoms with Crippen molar-refractivity contribution in [2.45, 2.75) is 19.8 Å². The lowest BCUT2D eigenvalue weighted by atomic mass is 10.2. The third kappa shape index (κ3) is 4.75. The zero-order chi connectivity index (χ0) is 18.4. The molecule has 0 aromatic carbocycles. The first kappa shape index (κ1) is 18.2. The van der Waals surface area contributed by atoms with E-state index in [1.165, 1.54) is 6.20 Å². The molecule has 0 amide bonds. The van der Waals surface area contributed by atoms with Gasteiger partial charge in [0, 0.05) is 50.5 Å². The summed E-state index contributed by atoms with van der Waals surface area (Å²) in [6.45, 7) is 6.61. The molecule has 0 aliphatic carbocycles. The fourth-order valence-electron chi connectivity index (χ4n) is 2.68. The number of halogens is 2. The highest BCUT2D eigenvalue weighted by atomic mass is 19.3. The number of hydrogen-bond donors (Lipinski definition) is 3. The summed E-state index contributed by atoms with van der Waals surface area (Å²) in [6.07, 6.45) is 0.724. The molecule has 0 spiro atoms. The molecule has 0 saturated carbocycles. The molecule has 0 atom stereocenters. The molecular formula is C17H23F2N7. The van der Waals surface area contributed by atoms with Gasteiger partial charge in [-0.05, 0) is 6.42 Å². The first-order valence-corrected chi connectivity index (χ1v) is 8.74. The Morgan fingerprint density at radius 3 is 2.54 bits per heavy atom. The maximum absolute atomic E-state index is 12.6. The highest BCUT2D eigenvalue weighted by molar-refractivity contribution is 5.64. The van der Waals surface area contributed by atoms with Crippen LogP contribution in [-0.4, -0.2) is 47.7 Å². The monoisotopic (exact) mass is 363 g/mol.